The molecule has 1 saturated heterocycles. The normalized spacial score (nSPS) is 15.1. The molecule has 10 heteroatoms. The van der Waals surface area contributed by atoms with E-state index in [1.165, 1.54) is 22.1 Å². The van der Waals surface area contributed by atoms with Crippen molar-refractivity contribution < 1.29 is 22.7 Å². The van der Waals surface area contributed by atoms with Crippen LogP contribution in [0.4, 0.5) is 5.69 Å². The second-order valence-corrected chi connectivity index (χ2v) is 10.1. The summed E-state index contributed by atoms with van der Waals surface area (Å²) in [6.45, 7) is 1.77. The maximum atomic E-state index is 13.3. The van der Waals surface area contributed by atoms with Gasteiger partial charge in [-0.25, -0.2) is 8.42 Å². The fourth-order valence-electron chi connectivity index (χ4n) is 2.92. The third kappa shape index (κ3) is 5.77. The van der Waals surface area contributed by atoms with Crippen LogP contribution in [0.15, 0.2) is 57.2 Å². The molecule has 0 atom stereocenters. The zero-order valence-corrected chi connectivity index (χ0v) is 19.1. The number of carbonyl (C=O) groups is 1. The maximum absolute atomic E-state index is 13.3. The number of ether oxygens (including phenoxy) is 2. The quantitative estimate of drug-likeness (QED) is 0.352. The van der Waals surface area contributed by atoms with Gasteiger partial charge in [0.05, 0.1) is 24.7 Å². The number of sulfonamides is 1. The Bertz CT molecular complexity index is 992. The van der Waals surface area contributed by atoms with Crippen LogP contribution >= 0.6 is 24.4 Å². The van der Waals surface area contributed by atoms with Gasteiger partial charge in [0.15, 0.2) is 0 Å². The van der Waals surface area contributed by atoms with Gasteiger partial charge in [-0.2, -0.15) is 4.31 Å². The molecular weight excluding hydrogens is 444 g/mol. The van der Waals surface area contributed by atoms with Crippen LogP contribution in [0, 0.1) is 0 Å². The molecule has 7 nitrogen and oxygen atoms in total. The summed E-state index contributed by atoms with van der Waals surface area (Å²) in [6.07, 6.45) is 0. The average molecular weight is 469 g/mol. The molecular formula is C20H24N2O5S3. The Hall–Kier alpha value is -1.56. The Balaban J connectivity index is 1.92. The molecule has 0 saturated carbocycles. The number of benzene rings is 2. The van der Waals surface area contributed by atoms with E-state index in [1.54, 1.807) is 43.5 Å². The van der Waals surface area contributed by atoms with Crippen LogP contribution in [0.1, 0.15) is 10.4 Å². The third-order valence-electron chi connectivity index (χ3n) is 4.44. The molecule has 3 rings (SSSR count). The highest BCUT2D eigenvalue weighted by Gasteiger charge is 2.29. The van der Waals surface area contributed by atoms with Crippen LogP contribution in [0.25, 0.3) is 0 Å². The van der Waals surface area contributed by atoms with Crippen LogP contribution in [-0.2, 0) is 19.5 Å². The van der Waals surface area contributed by atoms with E-state index in [0.717, 1.165) is 0 Å². The number of anilines is 1. The summed E-state index contributed by atoms with van der Waals surface area (Å²) in [7, 11) is -2.17. The second-order valence-electron chi connectivity index (χ2n) is 6.52. The summed E-state index contributed by atoms with van der Waals surface area (Å²) >= 11 is 5.66. The first-order chi connectivity index (χ1) is 14.4. The lowest BCUT2D eigenvalue weighted by molar-refractivity contribution is 0.0729. The number of rotatable bonds is 8. The molecule has 1 heterocycles. The molecule has 1 N–H and O–H groups in total. The molecule has 2 aromatic carbocycles. The first-order valence-electron chi connectivity index (χ1n) is 9.36. The summed E-state index contributed by atoms with van der Waals surface area (Å²) < 4.78 is 38.4. The Morgan fingerprint density at radius 2 is 2.00 bits per heavy atom. The van der Waals surface area contributed by atoms with Crippen LogP contribution < -0.4 is 5.32 Å². The van der Waals surface area contributed by atoms with Gasteiger partial charge >= 0.3 is 0 Å². The van der Waals surface area contributed by atoms with E-state index in [1.807, 2.05) is 0 Å². The van der Waals surface area contributed by atoms with Crippen molar-refractivity contribution in [2.24, 2.45) is 0 Å². The van der Waals surface area contributed by atoms with Gasteiger partial charge in [0.25, 0.3) is 5.91 Å². The number of methoxy groups -OCH3 is 1. The Kier molecular flexibility index (Phi) is 8.20. The summed E-state index contributed by atoms with van der Waals surface area (Å²) in [5.41, 5.74) is 0.853. The van der Waals surface area contributed by atoms with Crippen molar-refractivity contribution in [1.29, 1.82) is 0 Å². The highest BCUT2D eigenvalue weighted by atomic mass is 32.2. The van der Waals surface area contributed by atoms with Crippen molar-refractivity contribution in [1.82, 2.24) is 4.31 Å². The summed E-state index contributed by atoms with van der Waals surface area (Å²) in [5.74, 6) is 0.211. The molecule has 162 valence electrons. The minimum atomic E-state index is -3.77. The highest BCUT2D eigenvalue weighted by molar-refractivity contribution is 8.00. The molecule has 2 aromatic rings. The van der Waals surface area contributed by atoms with Gasteiger partial charge in [-0.05, 0) is 36.4 Å². The summed E-state index contributed by atoms with van der Waals surface area (Å²) in [6, 6.07) is 11.8. The SMILES string of the molecule is COCCSc1ccc(C(=O)Nc2cccc(S)c2)cc1S(=O)(=O)N1CCOCC1. The Labute approximate surface area is 186 Å². The smallest absolute Gasteiger partial charge is 0.255 e. The fourth-order valence-corrected chi connectivity index (χ4v) is 5.98. The molecule has 1 aliphatic rings. The van der Waals surface area contributed by atoms with Gasteiger partial charge in [0, 0.05) is 47.0 Å². The van der Waals surface area contributed by atoms with E-state index in [2.05, 4.69) is 17.9 Å². The van der Waals surface area contributed by atoms with E-state index >= 15 is 0 Å². The molecule has 1 amide bonds. The zero-order chi connectivity index (χ0) is 21.6. The van der Waals surface area contributed by atoms with Gasteiger partial charge < -0.3 is 14.8 Å². The highest BCUT2D eigenvalue weighted by Crippen LogP contribution is 2.30. The Morgan fingerprint density at radius 1 is 1.23 bits per heavy atom. The number of thioether (sulfide) groups is 1. The molecule has 1 fully saturated rings. The van der Waals surface area contributed by atoms with Crippen molar-refractivity contribution in [3.63, 3.8) is 0 Å². The molecule has 1 aliphatic heterocycles. The number of morpholine rings is 1. The van der Waals surface area contributed by atoms with Gasteiger partial charge in [0.1, 0.15) is 0 Å². The van der Waals surface area contributed by atoms with Crippen molar-refractivity contribution in [3.8, 4) is 0 Å². The van der Waals surface area contributed by atoms with Crippen LogP contribution in [0.2, 0.25) is 0 Å². The standard InChI is InChI=1S/C20H24N2O5S3/c1-26-11-12-29-18-6-5-15(20(23)21-16-3-2-4-17(28)14-16)13-19(18)30(24,25)22-7-9-27-10-8-22/h2-6,13-14,28H,7-12H2,1H3,(H,21,23). The minimum absolute atomic E-state index is 0.126. The lowest BCUT2D eigenvalue weighted by Gasteiger charge is -2.27. The molecule has 0 aromatic heterocycles. The first-order valence-corrected chi connectivity index (χ1v) is 12.2. The molecule has 30 heavy (non-hydrogen) atoms. The van der Waals surface area contributed by atoms with Gasteiger partial charge in [-0.1, -0.05) is 6.07 Å². The first kappa shape index (κ1) is 23.1. The number of hydrogen-bond donors (Lipinski definition) is 2. The lowest BCUT2D eigenvalue weighted by atomic mass is 10.2. The number of thiol groups is 1. The van der Waals surface area contributed by atoms with E-state index < -0.39 is 10.0 Å². The number of amides is 1. The van der Waals surface area contributed by atoms with E-state index in [9.17, 15) is 13.2 Å². The third-order valence-corrected chi connectivity index (χ3v) is 7.83. The van der Waals surface area contributed by atoms with Crippen molar-refractivity contribution >= 4 is 46.0 Å². The maximum Gasteiger partial charge on any atom is 0.255 e. The number of hydrogen-bond acceptors (Lipinski definition) is 7. The molecule has 0 radical (unpaired) electrons. The van der Waals surface area contributed by atoms with Crippen LogP contribution in [0.5, 0.6) is 0 Å². The van der Waals surface area contributed by atoms with E-state index in [-0.39, 0.29) is 29.5 Å². The molecule has 0 bridgehead atoms. The second kappa shape index (κ2) is 10.7. The largest absolute Gasteiger partial charge is 0.384 e. The number of nitrogens with one attached hydrogen (secondary N) is 1. The lowest BCUT2D eigenvalue weighted by Crippen LogP contribution is -2.40. The zero-order valence-electron chi connectivity index (χ0n) is 16.5. The van der Waals surface area contributed by atoms with Crippen LogP contribution in [0.3, 0.4) is 0 Å². The van der Waals surface area contributed by atoms with Gasteiger partial charge in [0.2, 0.25) is 10.0 Å². The number of nitrogens with zero attached hydrogens (tertiary/aromatic N) is 1. The molecule has 0 aliphatic carbocycles. The summed E-state index contributed by atoms with van der Waals surface area (Å²) in [5, 5.41) is 2.79. The Morgan fingerprint density at radius 3 is 2.70 bits per heavy atom. The van der Waals surface area contributed by atoms with Gasteiger partial charge in [-0.3, -0.25) is 4.79 Å². The van der Waals surface area contributed by atoms with Crippen molar-refractivity contribution in [2.75, 3.05) is 51.1 Å². The van der Waals surface area contributed by atoms with Crippen molar-refractivity contribution in [2.45, 2.75) is 14.7 Å². The topological polar surface area (TPSA) is 84.9 Å². The van der Waals surface area contributed by atoms with E-state index in [0.29, 0.717) is 41.1 Å². The predicted octanol–water partition coefficient (Wildman–Crippen LogP) is 2.99. The van der Waals surface area contributed by atoms with Gasteiger partial charge in [-0.15, -0.1) is 24.4 Å². The molecule has 0 spiro atoms. The molecule has 0 unspecified atom stereocenters. The van der Waals surface area contributed by atoms with Crippen molar-refractivity contribution in [3.05, 3.63) is 48.0 Å². The average Bonchev–Trinajstić information content (AvgIpc) is 2.74. The number of carbonyl (C=O) groups excluding carboxylic acids is 1. The monoisotopic (exact) mass is 468 g/mol. The fraction of sp³-hybridized carbons (Fsp3) is 0.350. The van der Waals surface area contributed by atoms with Crippen LogP contribution in [-0.4, -0.2) is 64.4 Å². The van der Waals surface area contributed by atoms with E-state index in [4.69, 9.17) is 9.47 Å². The summed E-state index contributed by atoms with van der Waals surface area (Å²) in [4.78, 5) is 14.2. The minimum Gasteiger partial charge on any atom is -0.384 e. The predicted molar refractivity (Wildman–Crippen MR) is 120 cm³/mol.